The lowest BCUT2D eigenvalue weighted by Crippen LogP contribution is -2.25. The summed E-state index contributed by atoms with van der Waals surface area (Å²) in [6.45, 7) is 0. The fourth-order valence-corrected chi connectivity index (χ4v) is 2.49. The largest absolute Gasteiger partial charge is 0.378 e. The molecule has 0 radical (unpaired) electrons. The zero-order chi connectivity index (χ0) is 13.9. The van der Waals surface area contributed by atoms with E-state index in [-0.39, 0.29) is 23.6 Å². The van der Waals surface area contributed by atoms with Crippen molar-refractivity contribution in [1.82, 2.24) is 0 Å². The molecule has 20 heavy (non-hydrogen) atoms. The summed E-state index contributed by atoms with van der Waals surface area (Å²) >= 11 is 0. The summed E-state index contributed by atoms with van der Waals surface area (Å²) in [5.74, 6) is -0.398. The quantitative estimate of drug-likeness (QED) is 0.921. The van der Waals surface area contributed by atoms with Gasteiger partial charge in [-0.3, -0.25) is 4.79 Å². The van der Waals surface area contributed by atoms with Gasteiger partial charge in [-0.2, -0.15) is 0 Å². The lowest BCUT2D eigenvalue weighted by atomic mass is 9.92. The standard InChI is InChI=1S/C17H14FNO/c18-13-6-8-14(9-7-13)19-15-10-11-16(20)17(15)12-4-2-1-3-5-12/h1-11,15,17,19H/t15-,17+/m1/s1. The molecule has 0 fully saturated rings. The van der Waals surface area contributed by atoms with Gasteiger partial charge in [0, 0.05) is 5.69 Å². The van der Waals surface area contributed by atoms with E-state index in [0.29, 0.717) is 0 Å². The second-order valence-electron chi connectivity index (χ2n) is 4.83. The van der Waals surface area contributed by atoms with Crippen LogP contribution in [0.3, 0.4) is 0 Å². The summed E-state index contributed by atoms with van der Waals surface area (Å²) in [4.78, 5) is 12.0. The first-order chi connectivity index (χ1) is 9.74. The van der Waals surface area contributed by atoms with Gasteiger partial charge < -0.3 is 5.32 Å². The maximum absolute atomic E-state index is 12.9. The molecule has 2 aromatic rings. The van der Waals surface area contributed by atoms with E-state index in [4.69, 9.17) is 0 Å². The van der Waals surface area contributed by atoms with Crippen LogP contribution in [0.2, 0.25) is 0 Å². The van der Waals surface area contributed by atoms with Crippen LogP contribution >= 0.6 is 0 Å². The molecule has 2 atom stereocenters. The Labute approximate surface area is 116 Å². The van der Waals surface area contributed by atoms with Gasteiger partial charge in [0.1, 0.15) is 5.82 Å². The number of hydrogen-bond acceptors (Lipinski definition) is 2. The number of hydrogen-bond donors (Lipinski definition) is 1. The molecular formula is C17H14FNO. The second kappa shape index (κ2) is 5.29. The highest BCUT2D eigenvalue weighted by molar-refractivity contribution is 5.99. The van der Waals surface area contributed by atoms with Crippen molar-refractivity contribution in [1.29, 1.82) is 0 Å². The molecule has 0 amide bonds. The number of halogens is 1. The number of carbonyl (C=O) groups is 1. The molecule has 0 saturated heterocycles. The molecule has 0 aromatic heterocycles. The third-order valence-electron chi connectivity index (χ3n) is 3.47. The fraction of sp³-hybridized carbons (Fsp3) is 0.118. The predicted octanol–water partition coefficient (Wildman–Crippen LogP) is 3.53. The van der Waals surface area contributed by atoms with Crippen LogP contribution < -0.4 is 5.32 Å². The summed E-state index contributed by atoms with van der Waals surface area (Å²) in [5, 5.41) is 3.27. The predicted molar refractivity (Wildman–Crippen MR) is 77.1 cm³/mol. The Kier molecular flexibility index (Phi) is 3.33. The number of anilines is 1. The smallest absolute Gasteiger partial charge is 0.165 e. The first-order valence-corrected chi connectivity index (χ1v) is 6.53. The van der Waals surface area contributed by atoms with Crippen LogP contribution in [0.1, 0.15) is 11.5 Å². The van der Waals surface area contributed by atoms with Crippen LogP contribution in [0.15, 0.2) is 66.7 Å². The molecule has 0 spiro atoms. The van der Waals surface area contributed by atoms with Crippen LogP contribution in [0, 0.1) is 5.82 Å². The van der Waals surface area contributed by atoms with Crippen molar-refractivity contribution in [2.75, 3.05) is 5.32 Å². The molecule has 0 saturated carbocycles. The van der Waals surface area contributed by atoms with E-state index in [0.717, 1.165) is 11.3 Å². The number of nitrogens with one attached hydrogen (secondary N) is 1. The van der Waals surface area contributed by atoms with Gasteiger partial charge in [-0.1, -0.05) is 36.4 Å². The molecule has 0 heterocycles. The Bertz CT molecular complexity index is 634. The Morgan fingerprint density at radius 1 is 0.950 bits per heavy atom. The van der Waals surface area contributed by atoms with Crippen LogP contribution in [-0.2, 0) is 4.79 Å². The van der Waals surface area contributed by atoms with Crippen molar-refractivity contribution in [2.45, 2.75) is 12.0 Å². The highest BCUT2D eigenvalue weighted by atomic mass is 19.1. The van der Waals surface area contributed by atoms with E-state index >= 15 is 0 Å². The van der Waals surface area contributed by atoms with E-state index < -0.39 is 0 Å². The summed E-state index contributed by atoms with van der Waals surface area (Å²) in [6.07, 6.45) is 3.47. The molecule has 0 unspecified atom stereocenters. The van der Waals surface area contributed by atoms with E-state index in [9.17, 15) is 9.18 Å². The van der Waals surface area contributed by atoms with Gasteiger partial charge in [-0.05, 0) is 35.9 Å². The first-order valence-electron chi connectivity index (χ1n) is 6.53. The molecule has 0 aliphatic heterocycles. The molecule has 3 rings (SSSR count). The fourth-order valence-electron chi connectivity index (χ4n) is 2.49. The van der Waals surface area contributed by atoms with Crippen molar-refractivity contribution >= 4 is 11.5 Å². The molecule has 0 bridgehead atoms. The van der Waals surface area contributed by atoms with Crippen molar-refractivity contribution in [3.8, 4) is 0 Å². The zero-order valence-electron chi connectivity index (χ0n) is 10.8. The van der Waals surface area contributed by atoms with Crippen LogP contribution in [0.4, 0.5) is 10.1 Å². The van der Waals surface area contributed by atoms with Crippen LogP contribution in [0.25, 0.3) is 0 Å². The van der Waals surface area contributed by atoms with Crippen molar-refractivity contribution in [2.24, 2.45) is 0 Å². The average molecular weight is 267 g/mol. The van der Waals surface area contributed by atoms with E-state index in [2.05, 4.69) is 5.32 Å². The Balaban J connectivity index is 1.83. The van der Waals surface area contributed by atoms with Crippen LogP contribution in [-0.4, -0.2) is 11.8 Å². The van der Waals surface area contributed by atoms with E-state index in [1.807, 2.05) is 36.4 Å². The lowest BCUT2D eigenvalue weighted by Gasteiger charge is -2.21. The van der Waals surface area contributed by atoms with Crippen molar-refractivity contribution < 1.29 is 9.18 Å². The first kappa shape index (κ1) is 12.6. The molecule has 2 nitrogen and oxygen atoms in total. The second-order valence-corrected chi connectivity index (χ2v) is 4.83. The molecule has 1 aliphatic rings. The Hall–Kier alpha value is -2.42. The Morgan fingerprint density at radius 2 is 1.65 bits per heavy atom. The van der Waals surface area contributed by atoms with Crippen molar-refractivity contribution in [3.05, 3.63) is 78.1 Å². The van der Waals surface area contributed by atoms with E-state index in [1.165, 1.54) is 12.1 Å². The van der Waals surface area contributed by atoms with Gasteiger partial charge in [-0.25, -0.2) is 4.39 Å². The molecular weight excluding hydrogens is 253 g/mol. The number of allylic oxidation sites excluding steroid dienone is 1. The number of benzene rings is 2. The minimum absolute atomic E-state index is 0.0933. The molecule has 3 heteroatoms. The monoisotopic (exact) mass is 267 g/mol. The van der Waals surface area contributed by atoms with Gasteiger partial charge in [0.25, 0.3) is 0 Å². The number of rotatable bonds is 3. The minimum Gasteiger partial charge on any atom is -0.378 e. The molecule has 2 aromatic carbocycles. The molecule has 1 aliphatic carbocycles. The molecule has 100 valence electrons. The summed E-state index contributed by atoms with van der Waals surface area (Å²) in [5.41, 5.74) is 1.79. The normalized spacial score (nSPS) is 21.1. The topological polar surface area (TPSA) is 29.1 Å². The number of ketones is 1. The van der Waals surface area contributed by atoms with Gasteiger partial charge in [0.2, 0.25) is 0 Å². The van der Waals surface area contributed by atoms with E-state index in [1.54, 1.807) is 18.2 Å². The highest BCUT2D eigenvalue weighted by Crippen LogP contribution is 2.29. The van der Waals surface area contributed by atoms with Gasteiger partial charge in [0.15, 0.2) is 5.78 Å². The lowest BCUT2D eigenvalue weighted by molar-refractivity contribution is -0.115. The van der Waals surface area contributed by atoms with Crippen LogP contribution in [0.5, 0.6) is 0 Å². The average Bonchev–Trinajstić information content (AvgIpc) is 2.83. The third kappa shape index (κ3) is 2.48. The summed E-state index contributed by atoms with van der Waals surface area (Å²) < 4.78 is 12.9. The molecule has 1 N–H and O–H groups in total. The van der Waals surface area contributed by atoms with Gasteiger partial charge in [-0.15, -0.1) is 0 Å². The van der Waals surface area contributed by atoms with Gasteiger partial charge >= 0.3 is 0 Å². The van der Waals surface area contributed by atoms with Crippen molar-refractivity contribution in [3.63, 3.8) is 0 Å². The summed E-state index contributed by atoms with van der Waals surface area (Å²) in [6, 6.07) is 15.7. The maximum atomic E-state index is 12.9. The zero-order valence-corrected chi connectivity index (χ0v) is 10.8. The van der Waals surface area contributed by atoms with Gasteiger partial charge in [0.05, 0.1) is 12.0 Å². The summed E-state index contributed by atoms with van der Waals surface area (Å²) in [7, 11) is 0. The SMILES string of the molecule is O=C1C=C[C@@H](Nc2ccc(F)cc2)[C@@H]1c1ccccc1. The third-order valence-corrected chi connectivity index (χ3v) is 3.47. The minimum atomic E-state index is -0.270. The number of carbonyl (C=O) groups excluding carboxylic acids is 1. The maximum Gasteiger partial charge on any atom is 0.165 e. The highest BCUT2D eigenvalue weighted by Gasteiger charge is 2.31. The Morgan fingerprint density at radius 3 is 2.35 bits per heavy atom.